The molecular formula is C46H78NO13P. The fourth-order valence-corrected chi connectivity index (χ4v) is 6.37. The highest BCUT2D eigenvalue weighted by molar-refractivity contribution is 7.47. The molecule has 350 valence electrons. The molecule has 0 aromatic carbocycles. The van der Waals surface area contributed by atoms with E-state index >= 15 is 0 Å². The molecule has 0 amide bonds. The molecule has 0 spiro atoms. The van der Waals surface area contributed by atoms with E-state index < -0.39 is 76.0 Å². The van der Waals surface area contributed by atoms with Crippen molar-refractivity contribution in [1.82, 2.24) is 0 Å². The molecule has 0 aliphatic heterocycles. The van der Waals surface area contributed by atoms with Crippen LogP contribution in [0, 0.1) is 0 Å². The highest BCUT2D eigenvalue weighted by Crippen LogP contribution is 2.43. The Labute approximate surface area is 365 Å². The highest BCUT2D eigenvalue weighted by atomic mass is 31.2. The maximum absolute atomic E-state index is 12.6. The fourth-order valence-electron chi connectivity index (χ4n) is 5.59. The molecule has 15 heteroatoms. The van der Waals surface area contributed by atoms with Crippen molar-refractivity contribution >= 4 is 25.7 Å². The van der Waals surface area contributed by atoms with Gasteiger partial charge in [0.25, 0.3) is 0 Å². The van der Waals surface area contributed by atoms with Gasteiger partial charge in [0.1, 0.15) is 12.6 Å². The quantitative estimate of drug-likeness (QED) is 0.0111. The summed E-state index contributed by atoms with van der Waals surface area (Å²) in [5, 5.41) is 39.3. The summed E-state index contributed by atoms with van der Waals surface area (Å²) in [5.74, 6) is -2.77. The van der Waals surface area contributed by atoms with Gasteiger partial charge < -0.3 is 40.5 Å². The average molecular weight is 884 g/mol. The zero-order valence-electron chi connectivity index (χ0n) is 36.8. The Hall–Kier alpha value is -3.20. The number of unbranched alkanes of at least 4 members (excludes halogenated alkanes) is 12. The molecule has 6 atom stereocenters. The zero-order chi connectivity index (χ0) is 45.4. The first-order chi connectivity index (χ1) is 29.3. The van der Waals surface area contributed by atoms with E-state index in [1.54, 1.807) is 42.5 Å². The summed E-state index contributed by atoms with van der Waals surface area (Å²) in [6.45, 7) is 2.31. The van der Waals surface area contributed by atoms with Crippen molar-refractivity contribution in [2.24, 2.45) is 5.73 Å². The van der Waals surface area contributed by atoms with Gasteiger partial charge in [0.2, 0.25) is 0 Å². The minimum absolute atomic E-state index is 0.0752. The summed E-state index contributed by atoms with van der Waals surface area (Å²) < 4.78 is 32.5. The molecular weight excluding hydrogens is 805 g/mol. The van der Waals surface area contributed by atoms with Crippen molar-refractivity contribution in [3.8, 4) is 0 Å². The molecule has 0 rings (SSSR count). The smallest absolute Gasteiger partial charge is 0.472 e. The van der Waals surface area contributed by atoms with Gasteiger partial charge >= 0.3 is 25.7 Å². The normalized spacial score (nSPS) is 15.9. The van der Waals surface area contributed by atoms with Crippen LogP contribution in [0.25, 0.3) is 0 Å². The predicted molar refractivity (Wildman–Crippen MR) is 239 cm³/mol. The topological polar surface area (TPSA) is 232 Å². The molecule has 0 aromatic heterocycles. The first-order valence-electron chi connectivity index (χ1n) is 22.3. The Kier molecular flexibility index (Phi) is 37.6. The van der Waals surface area contributed by atoms with Crippen molar-refractivity contribution in [2.75, 3.05) is 19.8 Å². The molecule has 0 radical (unpaired) electrons. The summed E-state index contributed by atoms with van der Waals surface area (Å²) >= 11 is 0. The lowest BCUT2D eigenvalue weighted by atomic mass is 10.1. The zero-order valence-corrected chi connectivity index (χ0v) is 37.7. The summed E-state index contributed by atoms with van der Waals surface area (Å²) in [5.41, 5.74) is 5.31. The van der Waals surface area contributed by atoms with Crippen LogP contribution in [-0.2, 0) is 37.5 Å². The molecule has 0 aromatic rings. The van der Waals surface area contributed by atoms with Gasteiger partial charge in [-0.2, -0.15) is 0 Å². The number of hydrogen-bond donors (Lipinski definition) is 6. The van der Waals surface area contributed by atoms with Crippen molar-refractivity contribution in [2.45, 2.75) is 179 Å². The van der Waals surface area contributed by atoms with Gasteiger partial charge in [-0.3, -0.25) is 23.4 Å². The van der Waals surface area contributed by atoms with Crippen LogP contribution < -0.4 is 5.73 Å². The second-order valence-electron chi connectivity index (χ2n) is 15.0. The fraction of sp³-hybridized carbons (Fsp3) is 0.674. The van der Waals surface area contributed by atoms with E-state index in [1.807, 2.05) is 0 Å². The largest absolute Gasteiger partial charge is 0.480 e. The third-order valence-corrected chi connectivity index (χ3v) is 10.2. The first kappa shape index (κ1) is 57.8. The monoisotopic (exact) mass is 884 g/mol. The molecule has 0 bridgehead atoms. The minimum Gasteiger partial charge on any atom is -0.480 e. The number of carboxylic acids is 1. The van der Waals surface area contributed by atoms with Crippen LogP contribution in [0.5, 0.6) is 0 Å². The SMILES string of the molecule is CCCCC/C=C\C/C=C\CCCCCCCCCC(=O)O[C@H](COC(=O)CCC[C@@H](O)[C@H](O)/C=C/C=C/C=C\C=C\[C@H](O)CCCCC)COP(=O)(O)OC[C@H](N)C(=O)O. The number of nitrogens with two attached hydrogens (primary N) is 1. The van der Waals surface area contributed by atoms with E-state index in [-0.39, 0.29) is 25.7 Å². The molecule has 14 nitrogen and oxygen atoms in total. The van der Waals surface area contributed by atoms with Gasteiger partial charge in [0, 0.05) is 12.8 Å². The van der Waals surface area contributed by atoms with E-state index in [1.165, 1.54) is 25.3 Å². The van der Waals surface area contributed by atoms with Gasteiger partial charge in [-0.05, 0) is 57.8 Å². The van der Waals surface area contributed by atoms with Crippen LogP contribution in [-0.4, -0.2) is 93.5 Å². The van der Waals surface area contributed by atoms with Crippen LogP contribution in [0.3, 0.4) is 0 Å². The second kappa shape index (κ2) is 39.6. The summed E-state index contributed by atoms with van der Waals surface area (Å²) in [4.78, 5) is 46.0. The van der Waals surface area contributed by atoms with Crippen LogP contribution >= 0.6 is 7.82 Å². The molecule has 0 heterocycles. The Morgan fingerprint density at radius 1 is 0.623 bits per heavy atom. The van der Waals surface area contributed by atoms with Gasteiger partial charge in [-0.25, -0.2) is 4.57 Å². The van der Waals surface area contributed by atoms with Gasteiger partial charge in [-0.15, -0.1) is 0 Å². The third kappa shape index (κ3) is 38.2. The summed E-state index contributed by atoms with van der Waals surface area (Å²) in [6, 6.07) is -1.58. The van der Waals surface area contributed by atoms with Crippen molar-refractivity contribution in [1.29, 1.82) is 0 Å². The molecule has 0 saturated carbocycles. The van der Waals surface area contributed by atoms with E-state index in [9.17, 15) is 39.2 Å². The van der Waals surface area contributed by atoms with Crippen molar-refractivity contribution < 1.29 is 62.8 Å². The molecule has 1 unspecified atom stereocenters. The number of hydrogen-bond acceptors (Lipinski definition) is 12. The Balaban J connectivity index is 4.69. The van der Waals surface area contributed by atoms with E-state index in [0.717, 1.165) is 83.5 Å². The van der Waals surface area contributed by atoms with Gasteiger partial charge in [0.15, 0.2) is 6.10 Å². The number of phosphoric ester groups is 1. The number of aliphatic hydroxyl groups is 3. The second-order valence-corrected chi connectivity index (χ2v) is 16.5. The standard InChI is InChI=1S/C46H78NO13P/c1-3-5-7-8-9-10-11-12-13-14-15-16-17-18-19-24-28-34-45(52)60-40(37-58-61(55,56)59-38-41(47)46(53)54)36-57-44(51)35-29-33-43(50)42(49)32-27-23-21-20-22-26-31-39(48)30-25-6-4-2/h9-10,12-13,20-23,26-27,31-32,39-43,48-50H,3-8,11,14-19,24-25,28-30,33-38,47H2,1-2H3,(H,53,54)(H,55,56)/b10-9-,13-12-,22-20-,23-21+,31-26+,32-27+/t39-,40-,41+,42-,43-/m1/s1. The number of aliphatic carboxylic acids is 1. The predicted octanol–water partition coefficient (Wildman–Crippen LogP) is 8.64. The molecule has 0 aliphatic carbocycles. The lowest BCUT2D eigenvalue weighted by molar-refractivity contribution is -0.161. The summed E-state index contributed by atoms with van der Waals surface area (Å²) in [6.07, 6.45) is 36.2. The lowest BCUT2D eigenvalue weighted by Crippen LogP contribution is -2.34. The van der Waals surface area contributed by atoms with E-state index in [0.29, 0.717) is 6.42 Å². The van der Waals surface area contributed by atoms with Gasteiger partial charge in [0.05, 0.1) is 31.5 Å². The number of carboxylic acid groups (broad SMARTS) is 1. The number of aliphatic hydroxyl groups excluding tert-OH is 3. The molecule has 7 N–H and O–H groups in total. The first-order valence-corrected chi connectivity index (χ1v) is 23.8. The summed E-state index contributed by atoms with van der Waals surface area (Å²) in [7, 11) is -4.81. The van der Waals surface area contributed by atoms with Crippen molar-refractivity contribution in [3.05, 3.63) is 72.9 Å². The van der Waals surface area contributed by atoms with Crippen molar-refractivity contribution in [3.63, 3.8) is 0 Å². The number of carbonyl (C=O) groups is 3. The number of carbonyl (C=O) groups excluding carboxylic acids is 2. The molecule has 61 heavy (non-hydrogen) atoms. The maximum Gasteiger partial charge on any atom is 0.472 e. The number of phosphoric acid groups is 1. The third-order valence-electron chi connectivity index (χ3n) is 9.29. The number of esters is 2. The Bertz CT molecular complexity index is 1360. The number of allylic oxidation sites excluding steroid dienone is 10. The Morgan fingerprint density at radius 2 is 1.16 bits per heavy atom. The van der Waals surface area contributed by atoms with Crippen LogP contribution in [0.4, 0.5) is 0 Å². The van der Waals surface area contributed by atoms with Gasteiger partial charge in [-0.1, -0.05) is 151 Å². The minimum atomic E-state index is -4.81. The van der Waals surface area contributed by atoms with Crippen LogP contribution in [0.1, 0.15) is 149 Å². The van der Waals surface area contributed by atoms with Crippen LogP contribution in [0.2, 0.25) is 0 Å². The Morgan fingerprint density at radius 3 is 1.80 bits per heavy atom. The average Bonchev–Trinajstić information content (AvgIpc) is 3.22. The molecule has 0 fully saturated rings. The number of rotatable bonds is 40. The lowest BCUT2D eigenvalue weighted by Gasteiger charge is -2.20. The van der Waals surface area contributed by atoms with Crippen LogP contribution in [0.15, 0.2) is 72.9 Å². The number of ether oxygens (including phenoxy) is 2. The van der Waals surface area contributed by atoms with E-state index in [4.69, 9.17) is 24.8 Å². The van der Waals surface area contributed by atoms with E-state index in [2.05, 4.69) is 42.7 Å². The molecule has 0 saturated heterocycles. The maximum atomic E-state index is 12.6. The highest BCUT2D eigenvalue weighted by Gasteiger charge is 2.28. The molecule has 0 aliphatic rings.